The third-order valence-electron chi connectivity index (χ3n) is 5.64. The van der Waals surface area contributed by atoms with Crippen LogP contribution < -0.4 is 11.1 Å². The number of nitrogens with two attached hydrogens (primary N) is 1. The predicted octanol–water partition coefficient (Wildman–Crippen LogP) is 3.95. The number of nitrogens with zero attached hydrogens (tertiary/aromatic N) is 3. The second-order valence-electron chi connectivity index (χ2n) is 8.04. The van der Waals surface area contributed by atoms with Crippen LogP contribution in [0.4, 0.5) is 5.82 Å². The molecule has 1 atom stereocenters. The molecule has 0 radical (unpaired) electrons. The Balaban J connectivity index is 1.63. The highest BCUT2D eigenvalue weighted by Gasteiger charge is 2.24. The second kappa shape index (κ2) is 9.78. The number of anilines is 1. The van der Waals surface area contributed by atoms with Crippen molar-refractivity contribution in [3.8, 4) is 0 Å². The predicted molar refractivity (Wildman–Crippen MR) is 128 cm³/mol. The topological polar surface area (TPSA) is 95.1 Å². The molecule has 2 aromatic carbocycles. The van der Waals surface area contributed by atoms with E-state index in [4.69, 9.17) is 20.4 Å². The molecule has 0 aliphatic heterocycles. The Labute approximate surface area is 187 Å². The van der Waals surface area contributed by atoms with E-state index < -0.39 is 0 Å². The summed E-state index contributed by atoms with van der Waals surface area (Å²) in [5, 5.41) is 3.10. The quantitative estimate of drug-likeness (QED) is 0.391. The Morgan fingerprint density at radius 1 is 1.09 bits per heavy atom. The smallest absolute Gasteiger partial charge is 0.257 e. The molecule has 0 saturated carbocycles. The number of amides is 1. The lowest BCUT2D eigenvalue weighted by molar-refractivity contribution is 0.0940. The first-order chi connectivity index (χ1) is 15.6. The van der Waals surface area contributed by atoms with Crippen molar-refractivity contribution < 1.29 is 9.53 Å². The number of carbonyl (C=O) groups excluding carboxylic acids is 1. The molecular formula is C25H29N5O2. The molecule has 0 fully saturated rings. The molecule has 2 heterocycles. The Hall–Kier alpha value is -3.45. The van der Waals surface area contributed by atoms with Gasteiger partial charge in [0.1, 0.15) is 16.9 Å². The number of nitrogens with one attached hydrogen (secondary N) is 1. The Bertz CT molecular complexity index is 1220. The number of aromatic nitrogens is 3. The normalized spacial score (nSPS) is 12.3. The third-order valence-corrected chi connectivity index (χ3v) is 5.64. The molecule has 0 aliphatic rings. The summed E-state index contributed by atoms with van der Waals surface area (Å²) in [5.41, 5.74) is 10.8. The highest BCUT2D eigenvalue weighted by Crippen LogP contribution is 2.28. The fraction of sp³-hybridized carbons (Fsp3) is 0.320. The van der Waals surface area contributed by atoms with Crippen LogP contribution in [-0.2, 0) is 17.7 Å². The SMILES string of the molecule is COCCCn1c(N)c(C(=O)N[C@H](C)CCc2ccccc2)c2nc3ccccc3nc21. The van der Waals surface area contributed by atoms with Gasteiger partial charge in [-0.25, -0.2) is 9.97 Å². The van der Waals surface area contributed by atoms with Crippen LogP contribution in [0.25, 0.3) is 22.2 Å². The Kier molecular flexibility index (Phi) is 6.66. The standard InChI is InChI=1S/C25H29N5O2/c1-17(13-14-18-9-4-3-5-10-18)27-25(31)21-22-24(30(23(21)26)15-8-16-32-2)29-20-12-7-6-11-19(20)28-22/h3-7,9-12,17H,8,13-16,26H2,1-2H3,(H,27,31)/t17-/m1/s1. The van der Waals surface area contributed by atoms with Crippen LogP contribution in [0.3, 0.4) is 0 Å². The van der Waals surface area contributed by atoms with Gasteiger partial charge in [0.25, 0.3) is 5.91 Å². The first-order valence-corrected chi connectivity index (χ1v) is 11.0. The minimum Gasteiger partial charge on any atom is -0.385 e. The van der Waals surface area contributed by atoms with E-state index in [1.165, 1.54) is 5.56 Å². The van der Waals surface area contributed by atoms with Crippen LogP contribution in [0.1, 0.15) is 35.7 Å². The van der Waals surface area contributed by atoms with Crippen molar-refractivity contribution in [1.29, 1.82) is 0 Å². The fourth-order valence-electron chi connectivity index (χ4n) is 3.93. The van der Waals surface area contributed by atoms with E-state index in [-0.39, 0.29) is 11.9 Å². The van der Waals surface area contributed by atoms with Crippen molar-refractivity contribution in [3.63, 3.8) is 0 Å². The van der Waals surface area contributed by atoms with Crippen LogP contribution in [-0.4, -0.2) is 40.2 Å². The molecule has 0 unspecified atom stereocenters. The zero-order valence-corrected chi connectivity index (χ0v) is 18.5. The van der Waals surface area contributed by atoms with Crippen LogP contribution >= 0.6 is 0 Å². The number of benzene rings is 2. The summed E-state index contributed by atoms with van der Waals surface area (Å²) in [6, 6.07) is 17.9. The molecule has 4 aromatic rings. The number of methoxy groups -OCH3 is 1. The van der Waals surface area contributed by atoms with E-state index in [9.17, 15) is 4.79 Å². The number of rotatable bonds is 9. The Morgan fingerprint density at radius 2 is 1.78 bits per heavy atom. The Morgan fingerprint density at radius 3 is 2.50 bits per heavy atom. The summed E-state index contributed by atoms with van der Waals surface area (Å²) in [6.45, 7) is 3.20. The highest BCUT2D eigenvalue weighted by atomic mass is 16.5. The van der Waals surface area contributed by atoms with Crippen molar-refractivity contribution in [3.05, 3.63) is 65.7 Å². The fourth-order valence-corrected chi connectivity index (χ4v) is 3.93. The number of nitrogen functional groups attached to an aromatic ring is 1. The molecule has 7 heteroatoms. The third kappa shape index (κ3) is 4.57. The average molecular weight is 432 g/mol. The molecule has 0 aliphatic carbocycles. The summed E-state index contributed by atoms with van der Waals surface area (Å²) in [7, 11) is 1.67. The molecule has 2 aromatic heterocycles. The van der Waals surface area contributed by atoms with Gasteiger partial charge in [0.05, 0.1) is 11.0 Å². The highest BCUT2D eigenvalue weighted by molar-refractivity contribution is 6.10. The summed E-state index contributed by atoms with van der Waals surface area (Å²) in [4.78, 5) is 22.8. The maximum atomic E-state index is 13.3. The molecule has 7 nitrogen and oxygen atoms in total. The van der Waals surface area contributed by atoms with Crippen molar-refractivity contribution in [2.24, 2.45) is 0 Å². The lowest BCUT2D eigenvalue weighted by Crippen LogP contribution is -2.33. The average Bonchev–Trinajstić information content (AvgIpc) is 3.07. The number of para-hydroxylation sites is 2. The van der Waals surface area contributed by atoms with Gasteiger partial charge >= 0.3 is 0 Å². The van der Waals surface area contributed by atoms with Gasteiger partial charge in [-0.1, -0.05) is 42.5 Å². The van der Waals surface area contributed by atoms with Crippen LogP contribution in [0.2, 0.25) is 0 Å². The number of fused-ring (bicyclic) bond motifs is 2. The maximum Gasteiger partial charge on any atom is 0.257 e. The minimum atomic E-state index is -0.219. The zero-order chi connectivity index (χ0) is 22.5. The summed E-state index contributed by atoms with van der Waals surface area (Å²) in [5.74, 6) is 0.169. The van der Waals surface area contributed by atoms with E-state index in [0.29, 0.717) is 35.7 Å². The molecule has 32 heavy (non-hydrogen) atoms. The molecule has 4 rings (SSSR count). The van der Waals surface area contributed by atoms with E-state index in [2.05, 4.69) is 17.4 Å². The van der Waals surface area contributed by atoms with Crippen LogP contribution in [0.5, 0.6) is 0 Å². The van der Waals surface area contributed by atoms with E-state index in [1.54, 1.807) is 7.11 Å². The minimum absolute atomic E-state index is 0.0117. The molecule has 0 saturated heterocycles. The lowest BCUT2D eigenvalue weighted by Gasteiger charge is -2.14. The summed E-state index contributed by atoms with van der Waals surface area (Å²) >= 11 is 0. The van der Waals surface area contributed by atoms with Crippen molar-refractivity contribution in [1.82, 2.24) is 19.9 Å². The number of aryl methyl sites for hydroxylation is 2. The van der Waals surface area contributed by atoms with Gasteiger partial charge in [0, 0.05) is 26.3 Å². The van der Waals surface area contributed by atoms with Gasteiger partial charge in [-0.15, -0.1) is 0 Å². The van der Waals surface area contributed by atoms with Crippen molar-refractivity contribution in [2.75, 3.05) is 19.5 Å². The van der Waals surface area contributed by atoms with Crippen LogP contribution in [0, 0.1) is 0 Å². The van der Waals surface area contributed by atoms with Gasteiger partial charge in [-0.2, -0.15) is 0 Å². The maximum absolute atomic E-state index is 13.3. The summed E-state index contributed by atoms with van der Waals surface area (Å²) < 4.78 is 7.06. The molecule has 0 spiro atoms. The van der Waals surface area contributed by atoms with Gasteiger partial charge in [-0.05, 0) is 43.9 Å². The van der Waals surface area contributed by atoms with Gasteiger partial charge in [-0.3, -0.25) is 4.79 Å². The van der Waals surface area contributed by atoms with E-state index in [0.717, 1.165) is 30.3 Å². The number of ether oxygens (including phenoxy) is 1. The lowest BCUT2D eigenvalue weighted by atomic mass is 10.1. The van der Waals surface area contributed by atoms with Crippen molar-refractivity contribution >= 4 is 33.9 Å². The van der Waals surface area contributed by atoms with Crippen molar-refractivity contribution in [2.45, 2.75) is 38.8 Å². The van der Waals surface area contributed by atoms with Gasteiger partial charge in [0.15, 0.2) is 5.65 Å². The van der Waals surface area contributed by atoms with Crippen LogP contribution in [0.15, 0.2) is 54.6 Å². The largest absolute Gasteiger partial charge is 0.385 e. The molecule has 1 amide bonds. The molecule has 3 N–H and O–H groups in total. The summed E-state index contributed by atoms with van der Waals surface area (Å²) in [6.07, 6.45) is 2.48. The number of carbonyl (C=O) groups is 1. The monoisotopic (exact) mass is 431 g/mol. The van der Waals surface area contributed by atoms with Gasteiger partial charge in [0.2, 0.25) is 0 Å². The van der Waals surface area contributed by atoms with E-state index in [1.807, 2.05) is 54.0 Å². The molecule has 0 bridgehead atoms. The first-order valence-electron chi connectivity index (χ1n) is 11.0. The number of hydrogen-bond acceptors (Lipinski definition) is 5. The molecule has 166 valence electrons. The molecular weight excluding hydrogens is 402 g/mol. The second-order valence-corrected chi connectivity index (χ2v) is 8.04. The van der Waals surface area contributed by atoms with E-state index >= 15 is 0 Å². The van der Waals surface area contributed by atoms with Gasteiger partial charge < -0.3 is 20.4 Å². The number of hydrogen-bond donors (Lipinski definition) is 2. The first kappa shape index (κ1) is 21.8. The zero-order valence-electron chi connectivity index (χ0n) is 18.5.